The highest BCUT2D eigenvalue weighted by Gasteiger charge is 2.22. The van der Waals surface area contributed by atoms with Crippen molar-refractivity contribution >= 4 is 5.78 Å². The second-order valence-corrected chi connectivity index (χ2v) is 1.42. The fraction of sp³-hybridized carbons (Fsp3) is 0.500. The molecule has 1 N–H and O–H groups in total. The van der Waals surface area contributed by atoms with Crippen LogP contribution in [0.2, 0.25) is 0 Å². The predicted octanol–water partition coefficient (Wildman–Crippen LogP) is -0.341. The molecular formula is C4H5FNO. The van der Waals surface area contributed by atoms with E-state index in [0.717, 1.165) is 6.54 Å². The molecule has 0 aliphatic carbocycles. The summed E-state index contributed by atoms with van der Waals surface area (Å²) in [5.74, 6) is -0.375. The number of carbonyl (C=O) groups is 1. The Kier molecular flexibility index (Phi) is 1.06. The van der Waals surface area contributed by atoms with E-state index in [-0.39, 0.29) is 12.3 Å². The van der Waals surface area contributed by atoms with Crippen LogP contribution in [0.15, 0.2) is 0 Å². The van der Waals surface area contributed by atoms with Gasteiger partial charge in [0, 0.05) is 0 Å². The van der Waals surface area contributed by atoms with Crippen LogP contribution in [0, 0.1) is 6.54 Å². The molecule has 3 heteroatoms. The van der Waals surface area contributed by atoms with E-state index in [4.69, 9.17) is 0 Å². The van der Waals surface area contributed by atoms with Crippen LogP contribution in [-0.2, 0) is 4.79 Å². The molecule has 0 aromatic heterocycles. The first-order valence-electron chi connectivity index (χ1n) is 2.04. The second-order valence-electron chi connectivity index (χ2n) is 1.42. The molecule has 1 fully saturated rings. The summed E-state index contributed by atoms with van der Waals surface area (Å²) in [6, 6.07) is 0. The van der Waals surface area contributed by atoms with E-state index in [9.17, 15) is 9.18 Å². The predicted molar refractivity (Wildman–Crippen MR) is 22.2 cm³/mol. The van der Waals surface area contributed by atoms with Gasteiger partial charge in [-0.2, -0.15) is 0 Å². The van der Waals surface area contributed by atoms with Gasteiger partial charge in [0.2, 0.25) is 0 Å². The first kappa shape index (κ1) is 4.71. The Balaban J connectivity index is 2.48. The van der Waals surface area contributed by atoms with Crippen LogP contribution in [0.3, 0.4) is 0 Å². The lowest BCUT2D eigenvalue weighted by Crippen LogP contribution is -2.08. The number of Topliss-reactive ketones (excluding diaryl/α,β-unsaturated/α-hetero) is 1. The average molecular weight is 102 g/mol. The number of hydrogen-bond acceptors (Lipinski definition) is 2. The molecule has 0 spiro atoms. The maximum Gasteiger partial charge on any atom is 0.182 e. The van der Waals surface area contributed by atoms with Crippen molar-refractivity contribution in [2.24, 2.45) is 0 Å². The minimum atomic E-state index is -1.36. The van der Waals surface area contributed by atoms with E-state index in [1.54, 1.807) is 0 Å². The molecule has 0 saturated carbocycles. The summed E-state index contributed by atoms with van der Waals surface area (Å²) >= 11 is 0. The number of rotatable bonds is 0. The molecule has 1 aliphatic heterocycles. The van der Waals surface area contributed by atoms with E-state index in [1.165, 1.54) is 0 Å². The van der Waals surface area contributed by atoms with E-state index < -0.39 is 6.17 Å². The third-order valence-corrected chi connectivity index (χ3v) is 0.848. The lowest BCUT2D eigenvalue weighted by Gasteiger charge is -1.84. The summed E-state index contributed by atoms with van der Waals surface area (Å²) < 4.78 is 11.8. The summed E-state index contributed by atoms with van der Waals surface area (Å²) in [6.45, 7) is 1.31. The van der Waals surface area contributed by atoms with Gasteiger partial charge in [0.1, 0.15) is 0 Å². The molecule has 1 radical (unpaired) electrons. The maximum absolute atomic E-state index is 11.8. The molecule has 2 nitrogen and oxygen atoms in total. The number of halogens is 1. The van der Waals surface area contributed by atoms with Crippen molar-refractivity contribution in [3.8, 4) is 0 Å². The van der Waals surface area contributed by atoms with Gasteiger partial charge in [0.25, 0.3) is 0 Å². The van der Waals surface area contributed by atoms with Gasteiger partial charge in [0.05, 0.1) is 13.1 Å². The van der Waals surface area contributed by atoms with Crippen LogP contribution in [-0.4, -0.2) is 18.5 Å². The average Bonchev–Trinajstić information content (AvgIpc) is 1.91. The topological polar surface area (TPSA) is 29.1 Å². The molecule has 0 bridgehead atoms. The van der Waals surface area contributed by atoms with Crippen LogP contribution in [0.4, 0.5) is 4.39 Å². The summed E-state index contributed by atoms with van der Waals surface area (Å²) in [5, 5.41) is 2.47. The van der Waals surface area contributed by atoms with E-state index >= 15 is 0 Å². The molecule has 39 valence electrons. The highest BCUT2D eigenvalue weighted by atomic mass is 19.1. The van der Waals surface area contributed by atoms with Gasteiger partial charge < -0.3 is 5.32 Å². The number of nitrogens with one attached hydrogen (secondary N) is 1. The van der Waals surface area contributed by atoms with E-state index in [2.05, 4.69) is 5.32 Å². The van der Waals surface area contributed by atoms with Gasteiger partial charge in [-0.15, -0.1) is 0 Å². The summed E-state index contributed by atoms with van der Waals surface area (Å²) in [7, 11) is 0. The smallest absolute Gasteiger partial charge is 0.182 e. The molecule has 0 aromatic rings. The number of carbonyl (C=O) groups excluding carboxylic acids is 1. The minimum Gasteiger partial charge on any atom is -0.302 e. The Morgan fingerprint density at radius 2 is 2.71 bits per heavy atom. The van der Waals surface area contributed by atoms with Crippen LogP contribution in [0.1, 0.15) is 0 Å². The van der Waals surface area contributed by atoms with Crippen molar-refractivity contribution in [2.75, 3.05) is 6.54 Å². The molecule has 1 rings (SSSR count). The fourth-order valence-electron chi connectivity index (χ4n) is 0.453. The molecule has 1 heterocycles. The van der Waals surface area contributed by atoms with Crippen LogP contribution >= 0.6 is 0 Å². The molecule has 0 amide bonds. The van der Waals surface area contributed by atoms with Crippen molar-refractivity contribution in [1.29, 1.82) is 0 Å². The largest absolute Gasteiger partial charge is 0.302 e. The van der Waals surface area contributed by atoms with Gasteiger partial charge in [-0.05, 0) is 0 Å². The standard InChI is InChI=1S/C4H5FNO/c5-3-1-6-2-4(3)7/h1,3,6H,2H2. The monoisotopic (exact) mass is 102 g/mol. The Labute approximate surface area is 40.7 Å². The minimum absolute atomic E-state index is 0.154. The van der Waals surface area contributed by atoms with Gasteiger partial charge in [-0.1, -0.05) is 0 Å². The van der Waals surface area contributed by atoms with Gasteiger partial charge in [-0.3, -0.25) is 4.79 Å². The quantitative estimate of drug-likeness (QED) is 0.453. The van der Waals surface area contributed by atoms with Crippen molar-refractivity contribution in [2.45, 2.75) is 6.17 Å². The highest BCUT2D eigenvalue weighted by molar-refractivity contribution is 5.88. The van der Waals surface area contributed by atoms with E-state index in [1.807, 2.05) is 0 Å². The van der Waals surface area contributed by atoms with Crippen LogP contribution in [0.25, 0.3) is 0 Å². The van der Waals surface area contributed by atoms with Crippen molar-refractivity contribution in [3.63, 3.8) is 0 Å². The number of alkyl halides is 1. The number of ketones is 1. The zero-order chi connectivity index (χ0) is 5.28. The van der Waals surface area contributed by atoms with Gasteiger partial charge in [-0.25, -0.2) is 4.39 Å². The third kappa shape index (κ3) is 0.771. The van der Waals surface area contributed by atoms with Crippen molar-refractivity contribution in [1.82, 2.24) is 5.32 Å². The Hall–Kier alpha value is -0.440. The molecule has 1 atom stereocenters. The third-order valence-electron chi connectivity index (χ3n) is 0.848. The van der Waals surface area contributed by atoms with Crippen LogP contribution in [0.5, 0.6) is 0 Å². The first-order chi connectivity index (χ1) is 3.30. The lowest BCUT2D eigenvalue weighted by molar-refractivity contribution is -0.119. The van der Waals surface area contributed by atoms with Gasteiger partial charge in [0.15, 0.2) is 12.0 Å². The molecule has 1 saturated heterocycles. The first-order valence-corrected chi connectivity index (χ1v) is 2.04. The highest BCUT2D eigenvalue weighted by Crippen LogP contribution is 2.00. The van der Waals surface area contributed by atoms with Crippen molar-refractivity contribution in [3.05, 3.63) is 6.54 Å². The molecule has 0 aromatic carbocycles. The Bertz CT molecular complexity index is 93.7. The Morgan fingerprint density at radius 1 is 2.00 bits per heavy atom. The molecule has 1 unspecified atom stereocenters. The normalized spacial score (nSPS) is 31.6. The van der Waals surface area contributed by atoms with Crippen LogP contribution < -0.4 is 5.32 Å². The zero-order valence-electron chi connectivity index (χ0n) is 3.65. The second kappa shape index (κ2) is 1.58. The summed E-state index contributed by atoms with van der Waals surface area (Å²) in [6.07, 6.45) is -1.36. The van der Waals surface area contributed by atoms with Gasteiger partial charge >= 0.3 is 0 Å². The fourth-order valence-corrected chi connectivity index (χ4v) is 0.453. The molecular weight excluding hydrogens is 97.0 g/mol. The number of hydrogen-bond donors (Lipinski definition) is 1. The SMILES string of the molecule is O=C1CN[CH]C1F. The summed E-state index contributed by atoms with van der Waals surface area (Å²) in [5.41, 5.74) is 0. The maximum atomic E-state index is 11.8. The lowest BCUT2D eigenvalue weighted by atomic mass is 10.3. The summed E-state index contributed by atoms with van der Waals surface area (Å²) in [4.78, 5) is 10.1. The van der Waals surface area contributed by atoms with E-state index in [0.29, 0.717) is 0 Å². The Morgan fingerprint density at radius 3 is 2.86 bits per heavy atom. The molecule has 7 heavy (non-hydrogen) atoms. The van der Waals surface area contributed by atoms with Crippen molar-refractivity contribution < 1.29 is 9.18 Å². The molecule has 1 aliphatic rings. The zero-order valence-corrected chi connectivity index (χ0v) is 3.65.